The summed E-state index contributed by atoms with van der Waals surface area (Å²) in [6, 6.07) is 22.2. The average Bonchev–Trinajstić information content (AvgIpc) is 3.37. The Labute approximate surface area is 206 Å². The number of nitrogens with zero attached hydrogens (tertiary/aromatic N) is 3. The number of furan rings is 1. The minimum atomic E-state index is -3.75. The first-order valence-electron chi connectivity index (χ1n) is 11.4. The van der Waals surface area contributed by atoms with Gasteiger partial charge in [0.2, 0.25) is 15.9 Å². The molecular formula is C26H30N4O4S. The maximum atomic E-state index is 13.3. The van der Waals surface area contributed by atoms with Crippen LogP contribution in [0.4, 0.5) is 0 Å². The van der Waals surface area contributed by atoms with Crippen LogP contribution in [0.25, 0.3) is 0 Å². The summed E-state index contributed by atoms with van der Waals surface area (Å²) in [5.41, 5.74) is 2.07. The molecule has 1 amide bonds. The van der Waals surface area contributed by atoms with Crippen molar-refractivity contribution >= 4 is 15.9 Å². The van der Waals surface area contributed by atoms with E-state index in [4.69, 9.17) is 14.8 Å². The minimum absolute atomic E-state index is 0.0521. The molecule has 0 aliphatic rings. The Morgan fingerprint density at radius 2 is 1.60 bits per heavy atom. The number of hydrogen-bond acceptors (Lipinski definition) is 6. The first kappa shape index (κ1) is 26.2. The van der Waals surface area contributed by atoms with E-state index in [2.05, 4.69) is 18.2 Å². The van der Waals surface area contributed by atoms with Crippen LogP contribution in [0, 0.1) is 11.3 Å². The Kier molecular flexibility index (Phi) is 9.61. The van der Waals surface area contributed by atoms with E-state index in [1.54, 1.807) is 29.4 Å². The van der Waals surface area contributed by atoms with Crippen LogP contribution in [-0.2, 0) is 34.2 Å². The Hall–Kier alpha value is -3.45. The second kappa shape index (κ2) is 12.9. The summed E-state index contributed by atoms with van der Waals surface area (Å²) in [7, 11) is -3.75. The maximum Gasteiger partial charge on any atom is 0.238 e. The zero-order valence-corrected chi connectivity index (χ0v) is 20.4. The van der Waals surface area contributed by atoms with Crippen molar-refractivity contribution in [2.45, 2.75) is 30.7 Å². The molecule has 0 bridgehead atoms. The number of primary sulfonamides is 1. The smallest absolute Gasteiger partial charge is 0.238 e. The van der Waals surface area contributed by atoms with Gasteiger partial charge in [-0.05, 0) is 48.2 Å². The van der Waals surface area contributed by atoms with Gasteiger partial charge < -0.3 is 9.32 Å². The van der Waals surface area contributed by atoms with Gasteiger partial charge in [-0.15, -0.1) is 0 Å². The highest BCUT2D eigenvalue weighted by atomic mass is 32.2. The van der Waals surface area contributed by atoms with E-state index in [-0.39, 0.29) is 17.3 Å². The molecule has 2 N–H and O–H groups in total. The lowest BCUT2D eigenvalue weighted by atomic mass is 10.1. The molecule has 0 saturated heterocycles. The van der Waals surface area contributed by atoms with Crippen LogP contribution in [0.2, 0.25) is 0 Å². The third-order valence-electron chi connectivity index (χ3n) is 5.66. The summed E-state index contributed by atoms with van der Waals surface area (Å²) in [6.07, 6.45) is 3.24. The Bertz CT molecular complexity index is 1200. The van der Waals surface area contributed by atoms with Crippen molar-refractivity contribution in [3.05, 3.63) is 89.9 Å². The van der Waals surface area contributed by atoms with Gasteiger partial charge in [0.1, 0.15) is 5.76 Å². The van der Waals surface area contributed by atoms with Crippen LogP contribution in [0.1, 0.15) is 23.3 Å². The number of carbonyl (C=O) groups is 1. The zero-order chi connectivity index (χ0) is 25.1. The fourth-order valence-corrected chi connectivity index (χ4v) is 4.21. The zero-order valence-electron chi connectivity index (χ0n) is 19.5. The van der Waals surface area contributed by atoms with Crippen molar-refractivity contribution in [2.24, 2.45) is 5.14 Å². The third kappa shape index (κ3) is 8.68. The number of hydrogen-bond donors (Lipinski definition) is 1. The SMILES string of the molecule is N#CCCN(CCc1ccccc1)CC(=O)N(CCc1ccc(S(N)(=O)=O)cc1)Cc1ccco1. The summed E-state index contributed by atoms with van der Waals surface area (Å²) in [6.45, 7) is 2.13. The van der Waals surface area contributed by atoms with Gasteiger partial charge in [-0.25, -0.2) is 13.6 Å². The highest BCUT2D eigenvalue weighted by Gasteiger charge is 2.19. The van der Waals surface area contributed by atoms with E-state index in [1.165, 1.54) is 17.7 Å². The van der Waals surface area contributed by atoms with Crippen LogP contribution in [0.5, 0.6) is 0 Å². The predicted octanol–water partition coefficient (Wildman–Crippen LogP) is 2.96. The van der Waals surface area contributed by atoms with Gasteiger partial charge in [-0.1, -0.05) is 42.5 Å². The summed E-state index contributed by atoms with van der Waals surface area (Å²) in [5.74, 6) is 0.615. The van der Waals surface area contributed by atoms with Crippen LogP contribution < -0.4 is 5.14 Å². The lowest BCUT2D eigenvalue weighted by molar-refractivity contribution is -0.133. The molecule has 3 aromatic rings. The van der Waals surface area contributed by atoms with Crippen LogP contribution in [0.3, 0.4) is 0 Å². The van der Waals surface area contributed by atoms with E-state index in [0.717, 1.165) is 12.0 Å². The van der Waals surface area contributed by atoms with Crippen LogP contribution >= 0.6 is 0 Å². The van der Waals surface area contributed by atoms with Crippen LogP contribution in [-0.4, -0.2) is 50.3 Å². The first-order valence-corrected chi connectivity index (χ1v) is 12.9. The minimum Gasteiger partial charge on any atom is -0.467 e. The number of sulfonamides is 1. The maximum absolute atomic E-state index is 13.3. The first-order chi connectivity index (χ1) is 16.8. The van der Waals surface area contributed by atoms with Crippen molar-refractivity contribution in [3.8, 4) is 6.07 Å². The summed E-state index contributed by atoms with van der Waals surface area (Å²) in [5, 5.41) is 14.2. The number of rotatable bonds is 13. The molecule has 0 atom stereocenters. The standard InChI is InChI=1S/C26H30N4O4S/c27-15-5-16-29(17-13-22-6-2-1-3-7-22)21-26(31)30(20-24-8-4-19-34-24)18-14-23-9-11-25(12-10-23)35(28,32)33/h1-4,6-12,19H,5,13-14,16-18,20-21H2,(H2,28,32,33). The molecule has 0 radical (unpaired) electrons. The second-order valence-electron chi connectivity index (χ2n) is 8.25. The molecule has 0 aliphatic carbocycles. The average molecular weight is 495 g/mol. The second-order valence-corrected chi connectivity index (χ2v) is 9.81. The van der Waals surface area contributed by atoms with Crippen molar-refractivity contribution in [1.82, 2.24) is 9.80 Å². The van der Waals surface area contributed by atoms with E-state index in [9.17, 15) is 13.2 Å². The fraction of sp³-hybridized carbons (Fsp3) is 0.308. The molecule has 35 heavy (non-hydrogen) atoms. The summed E-state index contributed by atoms with van der Waals surface area (Å²) in [4.78, 5) is 17.1. The fourth-order valence-electron chi connectivity index (χ4n) is 3.69. The molecule has 1 heterocycles. The Morgan fingerprint density at radius 1 is 0.914 bits per heavy atom. The lowest BCUT2D eigenvalue weighted by Gasteiger charge is -2.27. The van der Waals surface area contributed by atoms with Crippen LogP contribution in [0.15, 0.2) is 82.3 Å². The molecule has 0 saturated carbocycles. The number of carbonyl (C=O) groups excluding carboxylic acids is 1. The molecule has 0 spiro atoms. The molecule has 1 aromatic heterocycles. The van der Waals surface area contributed by atoms with Gasteiger partial charge in [-0.3, -0.25) is 9.69 Å². The highest BCUT2D eigenvalue weighted by Crippen LogP contribution is 2.12. The highest BCUT2D eigenvalue weighted by molar-refractivity contribution is 7.89. The molecule has 0 aliphatic heterocycles. The van der Waals surface area contributed by atoms with Gasteiger partial charge >= 0.3 is 0 Å². The Morgan fingerprint density at radius 3 is 2.23 bits per heavy atom. The Balaban J connectivity index is 1.66. The monoisotopic (exact) mass is 494 g/mol. The molecule has 8 nitrogen and oxygen atoms in total. The number of nitriles is 1. The topological polar surface area (TPSA) is 121 Å². The van der Waals surface area contributed by atoms with Crippen molar-refractivity contribution in [3.63, 3.8) is 0 Å². The lowest BCUT2D eigenvalue weighted by Crippen LogP contribution is -2.42. The van der Waals surface area contributed by atoms with E-state index >= 15 is 0 Å². The summed E-state index contributed by atoms with van der Waals surface area (Å²) >= 11 is 0. The van der Waals surface area contributed by atoms with Gasteiger partial charge in [-0.2, -0.15) is 5.26 Å². The number of amides is 1. The van der Waals surface area contributed by atoms with Crippen molar-refractivity contribution in [1.29, 1.82) is 5.26 Å². The van der Waals surface area contributed by atoms with Gasteiger partial charge in [0.25, 0.3) is 0 Å². The summed E-state index contributed by atoms with van der Waals surface area (Å²) < 4.78 is 28.4. The number of nitrogens with two attached hydrogens (primary N) is 1. The van der Waals surface area contributed by atoms with E-state index in [1.807, 2.05) is 29.2 Å². The molecule has 0 unspecified atom stereocenters. The quantitative estimate of drug-likeness (QED) is 0.390. The molecule has 184 valence electrons. The van der Waals surface area contributed by atoms with Gasteiger partial charge in [0.05, 0.1) is 30.3 Å². The van der Waals surface area contributed by atoms with E-state index in [0.29, 0.717) is 44.8 Å². The van der Waals surface area contributed by atoms with Gasteiger partial charge in [0, 0.05) is 26.1 Å². The largest absolute Gasteiger partial charge is 0.467 e. The molecular weight excluding hydrogens is 464 g/mol. The van der Waals surface area contributed by atoms with Crippen molar-refractivity contribution < 1.29 is 17.6 Å². The molecule has 2 aromatic carbocycles. The molecule has 3 rings (SSSR count). The number of benzene rings is 2. The van der Waals surface area contributed by atoms with E-state index < -0.39 is 10.0 Å². The third-order valence-corrected chi connectivity index (χ3v) is 6.59. The van der Waals surface area contributed by atoms with Gasteiger partial charge in [0.15, 0.2) is 0 Å². The van der Waals surface area contributed by atoms with Crippen molar-refractivity contribution in [2.75, 3.05) is 26.2 Å². The molecule has 9 heteroatoms. The molecule has 0 fully saturated rings. The normalized spacial score (nSPS) is 11.3. The predicted molar refractivity (Wildman–Crippen MR) is 132 cm³/mol.